The summed E-state index contributed by atoms with van der Waals surface area (Å²) < 4.78 is 37.2. The molecule has 0 saturated heterocycles. The first-order valence-electron chi connectivity index (χ1n) is 11.6. The first-order chi connectivity index (χ1) is 16.8. The van der Waals surface area contributed by atoms with Gasteiger partial charge in [-0.1, -0.05) is 72.3 Å². The van der Waals surface area contributed by atoms with Gasteiger partial charge in [0, 0.05) is 28.6 Å². The third kappa shape index (κ3) is 5.22. The molecule has 5 rings (SSSR count). The van der Waals surface area contributed by atoms with Crippen molar-refractivity contribution in [3.05, 3.63) is 69.7 Å². The predicted molar refractivity (Wildman–Crippen MR) is 146 cm³/mol. The fraction of sp³-hybridized carbons (Fsp3) is 0.269. The second-order valence-electron chi connectivity index (χ2n) is 8.54. The number of aryl methyl sites for hydroxylation is 1. The Morgan fingerprint density at radius 1 is 1.11 bits per heavy atom. The van der Waals surface area contributed by atoms with Crippen LogP contribution in [0.25, 0.3) is 27.1 Å². The van der Waals surface area contributed by atoms with E-state index in [4.69, 9.17) is 11.6 Å². The lowest BCUT2D eigenvalue weighted by Crippen LogP contribution is -2.36. The van der Waals surface area contributed by atoms with Crippen molar-refractivity contribution in [1.82, 2.24) is 0 Å². The lowest BCUT2D eigenvalue weighted by atomic mass is 10.1. The summed E-state index contributed by atoms with van der Waals surface area (Å²) in [4.78, 5) is 3.50. The van der Waals surface area contributed by atoms with E-state index in [0.717, 1.165) is 56.1 Å². The number of hydrogen-bond donors (Lipinski definition) is 0. The highest BCUT2D eigenvalue weighted by molar-refractivity contribution is 8.03. The third-order valence-corrected chi connectivity index (χ3v) is 9.30. The molecule has 0 aliphatic carbocycles. The van der Waals surface area contributed by atoms with Gasteiger partial charge in [-0.05, 0) is 42.1 Å². The predicted octanol–water partition coefficient (Wildman–Crippen LogP) is 6.64. The highest BCUT2D eigenvalue weighted by atomic mass is 35.5. The Morgan fingerprint density at radius 2 is 1.94 bits per heavy atom. The van der Waals surface area contributed by atoms with Crippen molar-refractivity contribution in [2.24, 2.45) is 0 Å². The lowest BCUT2D eigenvalue weighted by molar-refractivity contribution is -0.667. The summed E-state index contributed by atoms with van der Waals surface area (Å²) in [5.41, 5.74) is 2.20. The average molecular weight is 545 g/mol. The van der Waals surface area contributed by atoms with Gasteiger partial charge in [0.2, 0.25) is 5.52 Å². The third-order valence-electron chi connectivity index (χ3n) is 6.06. The van der Waals surface area contributed by atoms with E-state index in [1.54, 1.807) is 23.1 Å². The van der Waals surface area contributed by atoms with Crippen LogP contribution in [0, 0.1) is 0 Å². The molecule has 1 aliphatic heterocycles. The molecule has 0 atom stereocenters. The molecule has 3 aromatic carbocycles. The minimum absolute atomic E-state index is 0.268. The van der Waals surface area contributed by atoms with Crippen LogP contribution in [-0.4, -0.2) is 25.3 Å². The maximum Gasteiger partial charge on any atom is 0.265 e. The summed E-state index contributed by atoms with van der Waals surface area (Å²) in [5.74, 6) is -0.376. The van der Waals surface area contributed by atoms with Gasteiger partial charge >= 0.3 is 0 Å². The first kappa shape index (κ1) is 24.6. The normalized spacial score (nSPS) is 14.9. The molecule has 9 heteroatoms. The van der Waals surface area contributed by atoms with E-state index in [2.05, 4.69) is 52.8 Å². The Balaban J connectivity index is 1.63. The van der Waals surface area contributed by atoms with Crippen molar-refractivity contribution >= 4 is 77.6 Å². The van der Waals surface area contributed by atoms with Gasteiger partial charge in [0.25, 0.3) is 5.01 Å². The summed E-state index contributed by atoms with van der Waals surface area (Å²) >= 11 is 9.74. The van der Waals surface area contributed by atoms with Crippen LogP contribution >= 0.6 is 34.7 Å². The summed E-state index contributed by atoms with van der Waals surface area (Å²) in [6.45, 7) is 3.53. The molecule has 5 nitrogen and oxygen atoms in total. The summed E-state index contributed by atoms with van der Waals surface area (Å²) in [6, 6.07) is 18.5. The quantitative estimate of drug-likeness (QED) is 0.184. The molecule has 0 spiro atoms. The van der Waals surface area contributed by atoms with Gasteiger partial charge in [-0.3, -0.25) is 0 Å². The van der Waals surface area contributed by atoms with Gasteiger partial charge in [0.1, 0.15) is 4.70 Å². The van der Waals surface area contributed by atoms with Crippen molar-refractivity contribution in [2.45, 2.75) is 37.6 Å². The van der Waals surface area contributed by atoms with Crippen LogP contribution in [0.3, 0.4) is 0 Å². The van der Waals surface area contributed by atoms with Crippen LogP contribution in [0.5, 0.6) is 0 Å². The molecule has 35 heavy (non-hydrogen) atoms. The van der Waals surface area contributed by atoms with E-state index < -0.39 is 10.1 Å². The topological polar surface area (TPSA) is 64.3 Å². The van der Waals surface area contributed by atoms with E-state index in [1.165, 1.54) is 4.90 Å². The van der Waals surface area contributed by atoms with Crippen molar-refractivity contribution in [1.29, 1.82) is 0 Å². The zero-order valence-corrected chi connectivity index (χ0v) is 22.4. The zero-order valence-electron chi connectivity index (χ0n) is 19.2. The Morgan fingerprint density at radius 3 is 2.74 bits per heavy atom. The standard InChI is InChI=1S/C26H25ClN2O3S3/c1-2-3-13-28-21-16-19(27)10-12-22(21)33-24(28)17-25-29(14-6-15-35(30,31)32)26-20-8-5-4-7-18(20)9-11-23(26)34-25/h4-5,7-12,16-17H,2-3,6,13-15H2,1H3. The van der Waals surface area contributed by atoms with E-state index in [-0.39, 0.29) is 12.2 Å². The summed E-state index contributed by atoms with van der Waals surface area (Å²) in [6.07, 6.45) is 4.61. The van der Waals surface area contributed by atoms with Crippen molar-refractivity contribution in [2.75, 3.05) is 17.2 Å². The molecule has 0 fully saturated rings. The van der Waals surface area contributed by atoms with E-state index in [0.29, 0.717) is 11.6 Å². The number of fused-ring (bicyclic) bond motifs is 4. The van der Waals surface area contributed by atoms with Crippen LogP contribution in [0.1, 0.15) is 31.2 Å². The Hall–Kier alpha value is -2.10. The fourth-order valence-electron chi connectivity index (χ4n) is 4.44. The van der Waals surface area contributed by atoms with Gasteiger partial charge in [0.15, 0.2) is 6.54 Å². The number of unbranched alkanes of at least 4 members (excludes halogenated alkanes) is 1. The average Bonchev–Trinajstić information content (AvgIpc) is 3.34. The van der Waals surface area contributed by atoms with Gasteiger partial charge < -0.3 is 9.45 Å². The van der Waals surface area contributed by atoms with Crippen molar-refractivity contribution in [3.8, 4) is 0 Å². The highest BCUT2D eigenvalue weighted by Crippen LogP contribution is 2.48. The van der Waals surface area contributed by atoms with Crippen LogP contribution in [0.2, 0.25) is 5.02 Å². The highest BCUT2D eigenvalue weighted by Gasteiger charge is 2.28. The second-order valence-corrected chi connectivity index (χ2v) is 12.6. The summed E-state index contributed by atoms with van der Waals surface area (Å²) in [7, 11) is -4.27. The summed E-state index contributed by atoms with van der Waals surface area (Å²) in [5, 5.41) is 5.12. The molecule has 0 bridgehead atoms. The molecule has 1 aliphatic rings. The number of thioether (sulfide) groups is 1. The Kier molecular flexibility index (Phi) is 7.10. The molecule has 1 aromatic heterocycles. The number of anilines is 1. The lowest BCUT2D eigenvalue weighted by Gasteiger charge is -2.20. The molecule has 0 saturated carbocycles. The molecule has 0 unspecified atom stereocenters. The number of thiazole rings is 1. The molecular formula is C26H25ClN2O3S3. The number of halogens is 1. The van der Waals surface area contributed by atoms with E-state index in [9.17, 15) is 13.0 Å². The number of rotatable bonds is 8. The molecule has 0 N–H and O–H groups in total. The van der Waals surface area contributed by atoms with Gasteiger partial charge in [0.05, 0.1) is 32.3 Å². The Labute approximate surface area is 218 Å². The van der Waals surface area contributed by atoms with Crippen LogP contribution in [-0.2, 0) is 16.7 Å². The number of nitrogens with zero attached hydrogens (tertiary/aromatic N) is 2. The van der Waals surface area contributed by atoms with Crippen LogP contribution < -0.4 is 9.47 Å². The minimum Gasteiger partial charge on any atom is -0.748 e. The van der Waals surface area contributed by atoms with Crippen molar-refractivity contribution in [3.63, 3.8) is 0 Å². The SMILES string of the molecule is CCCCN1/C(=C/c2sc3ccc4ccccc4c3[n+]2CCCS(=O)(=O)[O-])Sc2ccc(Cl)cc21. The van der Waals surface area contributed by atoms with Crippen LogP contribution in [0.4, 0.5) is 5.69 Å². The molecule has 2 heterocycles. The maximum absolute atomic E-state index is 11.3. The van der Waals surface area contributed by atoms with Crippen LogP contribution in [0.15, 0.2) is 64.5 Å². The van der Waals surface area contributed by atoms with E-state index >= 15 is 0 Å². The minimum atomic E-state index is -4.27. The second kappa shape index (κ2) is 10.1. The van der Waals surface area contributed by atoms with Gasteiger partial charge in [-0.2, -0.15) is 4.57 Å². The molecule has 0 radical (unpaired) electrons. The van der Waals surface area contributed by atoms with E-state index in [1.807, 2.05) is 24.3 Å². The maximum atomic E-state index is 11.3. The molecule has 182 valence electrons. The Bertz CT molecular complexity index is 1550. The largest absolute Gasteiger partial charge is 0.748 e. The number of benzene rings is 3. The number of hydrogen-bond acceptors (Lipinski definition) is 6. The fourth-order valence-corrected chi connectivity index (χ4v) is 7.41. The molecule has 0 amide bonds. The molecule has 4 aromatic rings. The monoisotopic (exact) mass is 544 g/mol. The van der Waals surface area contributed by atoms with Crippen molar-refractivity contribution < 1.29 is 17.5 Å². The zero-order chi connectivity index (χ0) is 24.6. The first-order valence-corrected chi connectivity index (χ1v) is 15.2. The smallest absolute Gasteiger partial charge is 0.265 e. The molecular weight excluding hydrogens is 520 g/mol. The van der Waals surface area contributed by atoms with Gasteiger partial charge in [-0.15, -0.1) is 0 Å². The van der Waals surface area contributed by atoms with Gasteiger partial charge in [-0.25, -0.2) is 8.42 Å². The number of aromatic nitrogens is 1.